The van der Waals surface area contributed by atoms with Crippen LogP contribution in [0.4, 0.5) is 0 Å². The van der Waals surface area contributed by atoms with Gasteiger partial charge in [-0.2, -0.15) is 0 Å². The molecule has 0 aliphatic carbocycles. The minimum atomic E-state index is -0.0338. The second-order valence-corrected chi connectivity index (χ2v) is 4.09. The fourth-order valence-electron chi connectivity index (χ4n) is 0.995. The Morgan fingerprint density at radius 1 is 1.53 bits per heavy atom. The minimum absolute atomic E-state index is 0. The number of likely N-dealkylation sites (N-methyl/N-ethyl adjacent to an activating group) is 1. The van der Waals surface area contributed by atoms with Gasteiger partial charge in [0.2, 0.25) is 0 Å². The number of carbonyl (C=O) groups excluding carboxylic acids is 1. The highest BCUT2D eigenvalue weighted by molar-refractivity contribution is 7.13. The third-order valence-electron chi connectivity index (χ3n) is 1.68. The quantitative estimate of drug-likeness (QED) is 0.772. The van der Waals surface area contributed by atoms with Gasteiger partial charge in [-0.1, -0.05) is 6.92 Å². The lowest BCUT2D eigenvalue weighted by molar-refractivity contribution is 0.0958. The number of hydrogen-bond donors (Lipinski definition) is 2. The Hall–Kier alpha value is -0.650. The maximum atomic E-state index is 11.5. The third-order valence-corrected chi connectivity index (χ3v) is 2.59. The summed E-state index contributed by atoms with van der Waals surface area (Å²) in [4.78, 5) is 16.2. The number of hydrogen-bond acceptors (Lipinski definition) is 4. The summed E-state index contributed by atoms with van der Waals surface area (Å²) >= 11 is 1.42. The molecule has 1 aromatic rings. The highest BCUT2D eigenvalue weighted by Gasteiger charge is 2.07. The molecule has 0 aromatic carbocycles. The van der Waals surface area contributed by atoms with Crippen LogP contribution in [0, 0.1) is 6.92 Å². The number of thiazole rings is 1. The van der Waals surface area contributed by atoms with Crippen LogP contribution in [0.2, 0.25) is 0 Å². The van der Waals surface area contributed by atoms with Gasteiger partial charge in [0.25, 0.3) is 5.91 Å². The maximum Gasteiger partial charge on any atom is 0.263 e. The number of rotatable bonds is 5. The highest BCUT2D eigenvalue weighted by Crippen LogP contribution is 2.10. The molecule has 0 bridgehead atoms. The van der Waals surface area contributed by atoms with Gasteiger partial charge in [-0.25, -0.2) is 4.98 Å². The predicted octanol–water partition coefficient (Wildman–Crippen LogP) is 1.21. The monoisotopic (exact) mass is 249 g/mol. The van der Waals surface area contributed by atoms with E-state index in [-0.39, 0.29) is 18.3 Å². The van der Waals surface area contributed by atoms with E-state index in [4.69, 9.17) is 0 Å². The van der Waals surface area contributed by atoms with Gasteiger partial charge in [-0.05, 0) is 13.5 Å². The lowest BCUT2D eigenvalue weighted by atomic mass is 10.5. The largest absolute Gasteiger partial charge is 0.350 e. The zero-order valence-corrected chi connectivity index (χ0v) is 10.5. The Bertz CT molecular complexity index is 303. The molecule has 86 valence electrons. The third kappa shape index (κ3) is 5.11. The average Bonchev–Trinajstić information content (AvgIpc) is 2.59. The molecular formula is C9H16ClN3OS. The molecule has 0 spiro atoms. The van der Waals surface area contributed by atoms with Crippen molar-refractivity contribution in [3.63, 3.8) is 0 Å². The summed E-state index contributed by atoms with van der Waals surface area (Å²) in [6.45, 7) is 6.31. The van der Waals surface area contributed by atoms with Gasteiger partial charge in [-0.3, -0.25) is 4.79 Å². The van der Waals surface area contributed by atoms with Crippen LogP contribution >= 0.6 is 23.7 Å². The van der Waals surface area contributed by atoms with Crippen molar-refractivity contribution in [3.8, 4) is 0 Å². The Morgan fingerprint density at radius 2 is 2.27 bits per heavy atom. The van der Waals surface area contributed by atoms with Crippen molar-refractivity contribution < 1.29 is 4.79 Å². The van der Waals surface area contributed by atoms with E-state index in [9.17, 15) is 4.79 Å². The summed E-state index contributed by atoms with van der Waals surface area (Å²) in [7, 11) is 0. The summed E-state index contributed by atoms with van der Waals surface area (Å²) in [6, 6.07) is 0. The molecule has 0 fully saturated rings. The van der Waals surface area contributed by atoms with Crippen LogP contribution in [0.1, 0.15) is 21.6 Å². The van der Waals surface area contributed by atoms with E-state index in [0.717, 1.165) is 18.1 Å². The van der Waals surface area contributed by atoms with Crippen molar-refractivity contribution >= 4 is 29.7 Å². The summed E-state index contributed by atoms with van der Waals surface area (Å²) < 4.78 is 0. The lowest BCUT2D eigenvalue weighted by Gasteiger charge is -2.02. The SMILES string of the molecule is CCNCCNC(=O)c1cnc(C)s1.Cl. The summed E-state index contributed by atoms with van der Waals surface area (Å²) in [6.07, 6.45) is 1.61. The number of amides is 1. The molecule has 1 heterocycles. The molecule has 0 radical (unpaired) electrons. The van der Waals surface area contributed by atoms with Gasteiger partial charge < -0.3 is 10.6 Å². The molecule has 0 unspecified atom stereocenters. The Balaban J connectivity index is 0.00000196. The molecular weight excluding hydrogens is 234 g/mol. The second kappa shape index (κ2) is 7.62. The van der Waals surface area contributed by atoms with Crippen molar-refractivity contribution in [1.29, 1.82) is 0 Å². The standard InChI is InChI=1S/C9H15N3OS.ClH/c1-3-10-4-5-11-9(13)8-6-12-7(2)14-8;/h6,10H,3-5H2,1-2H3,(H,11,13);1H. The van der Waals surface area contributed by atoms with Gasteiger partial charge in [0, 0.05) is 13.1 Å². The zero-order chi connectivity index (χ0) is 10.4. The van der Waals surface area contributed by atoms with E-state index in [1.807, 2.05) is 13.8 Å². The number of aryl methyl sites for hydroxylation is 1. The zero-order valence-electron chi connectivity index (χ0n) is 8.87. The molecule has 1 amide bonds. The van der Waals surface area contributed by atoms with E-state index in [0.29, 0.717) is 11.4 Å². The van der Waals surface area contributed by atoms with Crippen LogP contribution in [0.5, 0.6) is 0 Å². The highest BCUT2D eigenvalue weighted by atomic mass is 35.5. The fraction of sp³-hybridized carbons (Fsp3) is 0.556. The predicted molar refractivity (Wildman–Crippen MR) is 65.0 cm³/mol. The Morgan fingerprint density at radius 3 is 2.80 bits per heavy atom. The molecule has 0 saturated heterocycles. The first-order valence-corrected chi connectivity index (χ1v) is 5.47. The molecule has 0 saturated carbocycles. The normalized spacial score (nSPS) is 9.47. The van der Waals surface area contributed by atoms with Gasteiger partial charge >= 0.3 is 0 Å². The molecule has 1 aromatic heterocycles. The van der Waals surface area contributed by atoms with E-state index < -0.39 is 0 Å². The number of nitrogens with one attached hydrogen (secondary N) is 2. The molecule has 0 atom stereocenters. The first-order chi connectivity index (χ1) is 6.74. The molecule has 2 N–H and O–H groups in total. The lowest BCUT2D eigenvalue weighted by Crippen LogP contribution is -2.31. The van der Waals surface area contributed by atoms with Crippen LogP contribution in [0.25, 0.3) is 0 Å². The first kappa shape index (κ1) is 14.3. The Kier molecular flexibility index (Phi) is 7.29. The smallest absolute Gasteiger partial charge is 0.263 e. The van der Waals surface area contributed by atoms with Crippen molar-refractivity contribution in [1.82, 2.24) is 15.6 Å². The van der Waals surface area contributed by atoms with Crippen molar-refractivity contribution in [2.75, 3.05) is 19.6 Å². The fourth-order valence-corrected chi connectivity index (χ4v) is 1.69. The van der Waals surface area contributed by atoms with Gasteiger partial charge in [0.15, 0.2) is 0 Å². The molecule has 4 nitrogen and oxygen atoms in total. The molecule has 0 aliphatic heterocycles. The maximum absolute atomic E-state index is 11.5. The van der Waals surface area contributed by atoms with Crippen molar-refractivity contribution in [2.45, 2.75) is 13.8 Å². The summed E-state index contributed by atoms with van der Waals surface area (Å²) in [5.74, 6) is -0.0338. The topological polar surface area (TPSA) is 54.0 Å². The molecule has 0 aliphatic rings. The van der Waals surface area contributed by atoms with E-state index in [1.165, 1.54) is 11.3 Å². The molecule has 15 heavy (non-hydrogen) atoms. The van der Waals surface area contributed by atoms with Crippen LogP contribution < -0.4 is 10.6 Å². The number of nitrogens with zero attached hydrogens (tertiary/aromatic N) is 1. The van der Waals surface area contributed by atoms with Crippen LogP contribution in [0.15, 0.2) is 6.20 Å². The van der Waals surface area contributed by atoms with Gasteiger partial charge in [-0.15, -0.1) is 23.7 Å². The van der Waals surface area contributed by atoms with Crippen LogP contribution in [0.3, 0.4) is 0 Å². The van der Waals surface area contributed by atoms with Crippen LogP contribution in [-0.2, 0) is 0 Å². The summed E-state index contributed by atoms with van der Waals surface area (Å²) in [5, 5.41) is 6.87. The number of carbonyl (C=O) groups is 1. The minimum Gasteiger partial charge on any atom is -0.350 e. The molecule has 1 rings (SSSR count). The van der Waals surface area contributed by atoms with E-state index >= 15 is 0 Å². The van der Waals surface area contributed by atoms with Gasteiger partial charge in [0.1, 0.15) is 4.88 Å². The first-order valence-electron chi connectivity index (χ1n) is 4.65. The Labute approximate surface area is 99.9 Å². The number of aromatic nitrogens is 1. The second-order valence-electron chi connectivity index (χ2n) is 2.85. The van der Waals surface area contributed by atoms with Crippen LogP contribution in [-0.4, -0.2) is 30.5 Å². The summed E-state index contributed by atoms with van der Waals surface area (Å²) in [5.41, 5.74) is 0. The van der Waals surface area contributed by atoms with Gasteiger partial charge in [0.05, 0.1) is 11.2 Å². The number of halogens is 1. The average molecular weight is 250 g/mol. The van der Waals surface area contributed by atoms with E-state index in [1.54, 1.807) is 6.20 Å². The van der Waals surface area contributed by atoms with Crippen molar-refractivity contribution in [3.05, 3.63) is 16.1 Å². The molecule has 6 heteroatoms. The van der Waals surface area contributed by atoms with Crippen molar-refractivity contribution in [2.24, 2.45) is 0 Å². The van der Waals surface area contributed by atoms with E-state index in [2.05, 4.69) is 15.6 Å².